The highest BCUT2D eigenvalue weighted by molar-refractivity contribution is 5.95. The van der Waals surface area contributed by atoms with Crippen molar-refractivity contribution in [2.45, 2.75) is 0 Å². The van der Waals surface area contributed by atoms with Gasteiger partial charge in [-0.2, -0.15) is 5.10 Å². The molecule has 0 radical (unpaired) electrons. The topological polar surface area (TPSA) is 70.9 Å². The number of rotatable bonds is 5. The average molecular weight is 368 g/mol. The van der Waals surface area contributed by atoms with Crippen molar-refractivity contribution in [1.82, 2.24) is 5.43 Å². The molecule has 0 saturated heterocycles. The number of halogens is 2. The van der Waals surface area contributed by atoms with Gasteiger partial charge in [0, 0.05) is 11.1 Å². The van der Waals surface area contributed by atoms with Crippen molar-refractivity contribution < 1.29 is 23.4 Å². The fourth-order valence-corrected chi connectivity index (χ4v) is 2.22. The van der Waals surface area contributed by atoms with E-state index < -0.39 is 23.3 Å². The smallest absolute Gasteiger partial charge is 0.271 e. The summed E-state index contributed by atoms with van der Waals surface area (Å²) in [6, 6.07) is 17.3. The van der Waals surface area contributed by atoms with Crippen LogP contribution in [0.4, 0.5) is 8.78 Å². The molecule has 0 bridgehead atoms. The zero-order valence-corrected chi connectivity index (χ0v) is 13.9. The van der Waals surface area contributed by atoms with Crippen LogP contribution in [0.1, 0.15) is 15.9 Å². The summed E-state index contributed by atoms with van der Waals surface area (Å²) in [5, 5.41) is 12.7. The lowest BCUT2D eigenvalue weighted by Gasteiger charge is -2.07. The third-order valence-corrected chi connectivity index (χ3v) is 3.49. The molecule has 136 valence electrons. The maximum Gasteiger partial charge on any atom is 0.271 e. The van der Waals surface area contributed by atoms with Gasteiger partial charge in [-0.15, -0.1) is 0 Å². The number of amides is 1. The van der Waals surface area contributed by atoms with Crippen molar-refractivity contribution in [2.75, 3.05) is 0 Å². The Balaban J connectivity index is 1.67. The van der Waals surface area contributed by atoms with Gasteiger partial charge in [0.15, 0.2) is 17.4 Å². The van der Waals surface area contributed by atoms with E-state index in [0.717, 1.165) is 18.3 Å². The van der Waals surface area contributed by atoms with Crippen LogP contribution >= 0.6 is 0 Å². The van der Waals surface area contributed by atoms with E-state index in [1.54, 1.807) is 30.3 Å². The molecular weight excluding hydrogens is 354 g/mol. The quantitative estimate of drug-likeness (QED) is 0.523. The zero-order chi connectivity index (χ0) is 19.2. The molecule has 0 aliphatic carbocycles. The Morgan fingerprint density at radius 3 is 2.33 bits per heavy atom. The van der Waals surface area contributed by atoms with Crippen molar-refractivity contribution >= 4 is 12.1 Å². The second-order valence-electron chi connectivity index (χ2n) is 5.48. The highest BCUT2D eigenvalue weighted by Crippen LogP contribution is 2.22. The second kappa shape index (κ2) is 8.09. The Kier molecular flexibility index (Phi) is 5.41. The molecule has 0 spiro atoms. The van der Waals surface area contributed by atoms with Crippen molar-refractivity contribution in [3.63, 3.8) is 0 Å². The first kappa shape index (κ1) is 18.1. The van der Waals surface area contributed by atoms with Crippen LogP contribution in [0.5, 0.6) is 17.2 Å². The van der Waals surface area contributed by atoms with Gasteiger partial charge in [0.2, 0.25) is 0 Å². The van der Waals surface area contributed by atoms with Crippen molar-refractivity contribution in [3.8, 4) is 17.2 Å². The minimum absolute atomic E-state index is 0.0456. The summed E-state index contributed by atoms with van der Waals surface area (Å²) in [7, 11) is 0. The minimum Gasteiger partial charge on any atom is -0.503 e. The summed E-state index contributed by atoms with van der Waals surface area (Å²) in [6.07, 6.45) is 1.06. The Morgan fingerprint density at radius 1 is 0.963 bits per heavy atom. The lowest BCUT2D eigenvalue weighted by molar-refractivity contribution is 0.0955. The van der Waals surface area contributed by atoms with E-state index in [2.05, 4.69) is 10.5 Å². The first-order valence-corrected chi connectivity index (χ1v) is 7.87. The number of nitrogens with zero attached hydrogens (tertiary/aromatic N) is 1. The molecule has 0 aliphatic rings. The van der Waals surface area contributed by atoms with Gasteiger partial charge in [0.05, 0.1) is 6.21 Å². The Bertz CT molecular complexity index is 969. The van der Waals surface area contributed by atoms with E-state index >= 15 is 0 Å². The molecule has 5 nitrogen and oxygen atoms in total. The number of aromatic hydroxyl groups is 1. The molecule has 0 aromatic heterocycles. The Morgan fingerprint density at radius 2 is 1.63 bits per heavy atom. The molecule has 2 N–H and O–H groups in total. The molecular formula is C20H14F2N2O3. The van der Waals surface area contributed by atoms with Crippen LogP contribution in [0, 0.1) is 11.6 Å². The molecule has 0 aliphatic heterocycles. The number of carbonyl (C=O) groups excluding carboxylic acids is 1. The summed E-state index contributed by atoms with van der Waals surface area (Å²) in [4.78, 5) is 12.2. The molecule has 0 saturated carbocycles. The standard InChI is InChI=1S/C20H14F2N2O3/c21-17-9-13(10-18(22)19(17)25)12-23-24-20(26)14-5-4-8-16(11-14)27-15-6-2-1-3-7-15/h1-12,25H,(H,24,26). The summed E-state index contributed by atoms with van der Waals surface area (Å²) in [5.74, 6) is -2.72. The number of ether oxygens (including phenoxy) is 1. The molecule has 0 fully saturated rings. The number of nitrogens with one attached hydrogen (secondary N) is 1. The highest BCUT2D eigenvalue weighted by Gasteiger charge is 2.09. The molecule has 7 heteroatoms. The maximum absolute atomic E-state index is 13.3. The lowest BCUT2D eigenvalue weighted by Crippen LogP contribution is -2.17. The number of para-hydroxylation sites is 1. The van der Waals surface area contributed by atoms with E-state index in [9.17, 15) is 13.6 Å². The van der Waals surface area contributed by atoms with Gasteiger partial charge in [-0.25, -0.2) is 14.2 Å². The molecule has 3 rings (SSSR count). The third kappa shape index (κ3) is 4.66. The van der Waals surface area contributed by atoms with Gasteiger partial charge in [0.25, 0.3) is 5.91 Å². The largest absolute Gasteiger partial charge is 0.503 e. The zero-order valence-electron chi connectivity index (χ0n) is 13.9. The number of hydrogen-bond donors (Lipinski definition) is 2. The van der Waals surface area contributed by atoms with Crippen LogP contribution in [0.2, 0.25) is 0 Å². The Hall–Kier alpha value is -3.74. The predicted octanol–water partition coefficient (Wildman–Crippen LogP) is 4.23. The summed E-state index contributed by atoms with van der Waals surface area (Å²) < 4.78 is 32.2. The molecule has 3 aromatic rings. The van der Waals surface area contributed by atoms with Gasteiger partial charge >= 0.3 is 0 Å². The number of carbonyl (C=O) groups is 1. The number of phenolic OH excluding ortho intramolecular Hbond substituents is 1. The predicted molar refractivity (Wildman–Crippen MR) is 96.0 cm³/mol. The van der Waals surface area contributed by atoms with Crippen molar-refractivity contribution in [3.05, 3.63) is 89.5 Å². The summed E-state index contributed by atoms with van der Waals surface area (Å²) in [5.41, 5.74) is 2.60. The summed E-state index contributed by atoms with van der Waals surface area (Å²) in [6.45, 7) is 0. The average Bonchev–Trinajstić information content (AvgIpc) is 2.67. The summed E-state index contributed by atoms with van der Waals surface area (Å²) >= 11 is 0. The number of phenols is 1. The van der Waals surface area contributed by atoms with Crippen LogP contribution in [-0.2, 0) is 0 Å². The monoisotopic (exact) mass is 368 g/mol. The van der Waals surface area contributed by atoms with Crippen LogP contribution < -0.4 is 10.2 Å². The molecule has 3 aromatic carbocycles. The number of hydrogen-bond acceptors (Lipinski definition) is 4. The van der Waals surface area contributed by atoms with E-state index in [0.29, 0.717) is 17.1 Å². The van der Waals surface area contributed by atoms with E-state index in [1.165, 1.54) is 6.07 Å². The SMILES string of the molecule is O=C(NN=Cc1cc(F)c(O)c(F)c1)c1cccc(Oc2ccccc2)c1. The van der Waals surface area contributed by atoms with Crippen molar-refractivity contribution in [2.24, 2.45) is 5.10 Å². The van der Waals surface area contributed by atoms with Gasteiger partial charge < -0.3 is 9.84 Å². The lowest BCUT2D eigenvalue weighted by atomic mass is 10.2. The fraction of sp³-hybridized carbons (Fsp3) is 0. The first-order chi connectivity index (χ1) is 13.0. The molecule has 0 heterocycles. The van der Waals surface area contributed by atoms with Crippen LogP contribution in [0.3, 0.4) is 0 Å². The van der Waals surface area contributed by atoms with Crippen LogP contribution in [0.25, 0.3) is 0 Å². The van der Waals surface area contributed by atoms with E-state index in [4.69, 9.17) is 9.84 Å². The number of benzene rings is 3. The van der Waals surface area contributed by atoms with Gasteiger partial charge in [-0.3, -0.25) is 4.79 Å². The Labute approximate surface area is 153 Å². The molecule has 27 heavy (non-hydrogen) atoms. The maximum atomic E-state index is 13.3. The van der Waals surface area contributed by atoms with E-state index in [1.807, 2.05) is 18.2 Å². The second-order valence-corrected chi connectivity index (χ2v) is 5.48. The molecule has 1 amide bonds. The van der Waals surface area contributed by atoms with Crippen LogP contribution in [-0.4, -0.2) is 17.2 Å². The highest BCUT2D eigenvalue weighted by atomic mass is 19.1. The fourth-order valence-electron chi connectivity index (χ4n) is 2.22. The molecule has 0 unspecified atom stereocenters. The third-order valence-electron chi connectivity index (χ3n) is 3.49. The van der Waals surface area contributed by atoms with Gasteiger partial charge in [-0.05, 0) is 42.5 Å². The normalized spacial score (nSPS) is 10.7. The van der Waals surface area contributed by atoms with Crippen molar-refractivity contribution in [1.29, 1.82) is 0 Å². The van der Waals surface area contributed by atoms with E-state index in [-0.39, 0.29) is 5.56 Å². The van der Waals surface area contributed by atoms with Crippen LogP contribution in [0.15, 0.2) is 71.8 Å². The molecule has 0 atom stereocenters. The number of hydrazone groups is 1. The van der Waals surface area contributed by atoms with Gasteiger partial charge in [-0.1, -0.05) is 24.3 Å². The first-order valence-electron chi connectivity index (χ1n) is 7.87. The van der Waals surface area contributed by atoms with Gasteiger partial charge in [0.1, 0.15) is 11.5 Å². The minimum atomic E-state index is -1.12.